The summed E-state index contributed by atoms with van der Waals surface area (Å²) < 4.78 is 0. The lowest BCUT2D eigenvalue weighted by Gasteiger charge is -2.08. The number of aromatic nitrogens is 1. The van der Waals surface area contributed by atoms with E-state index in [-0.39, 0.29) is 0 Å². The molecule has 0 bridgehead atoms. The van der Waals surface area contributed by atoms with Gasteiger partial charge in [0.15, 0.2) is 5.96 Å². The Bertz CT molecular complexity index is 554. The van der Waals surface area contributed by atoms with Crippen LogP contribution in [-0.2, 0) is 6.42 Å². The number of nitrogens with one attached hydrogen (secondary N) is 2. The van der Waals surface area contributed by atoms with Gasteiger partial charge in [-0.3, -0.25) is 4.99 Å². The van der Waals surface area contributed by atoms with Crippen LogP contribution in [-0.4, -0.2) is 23.5 Å². The number of hydrogen-bond donors (Lipinski definition) is 3. The van der Waals surface area contributed by atoms with E-state index in [1.807, 2.05) is 19.9 Å². The first-order valence-corrected chi connectivity index (χ1v) is 6.78. The second kappa shape index (κ2) is 6.27. The summed E-state index contributed by atoms with van der Waals surface area (Å²) in [5.74, 6) is 0.536. The van der Waals surface area contributed by atoms with Gasteiger partial charge in [-0.25, -0.2) is 0 Å². The summed E-state index contributed by atoms with van der Waals surface area (Å²) in [6.45, 7) is 4.85. The number of nitrogens with two attached hydrogens (primary N) is 1. The van der Waals surface area contributed by atoms with Crippen molar-refractivity contribution in [3.05, 3.63) is 36.0 Å². The molecule has 0 atom stereocenters. The maximum atomic E-state index is 5.76. The second-order valence-corrected chi connectivity index (χ2v) is 5.03. The molecule has 0 saturated heterocycles. The minimum atomic E-state index is 0.331. The van der Waals surface area contributed by atoms with Gasteiger partial charge >= 0.3 is 0 Å². The Morgan fingerprint density at radius 2 is 2.16 bits per heavy atom. The third kappa shape index (κ3) is 3.74. The normalized spacial score (nSPS) is 12.3. The number of guanidine groups is 1. The van der Waals surface area contributed by atoms with E-state index in [1.165, 1.54) is 16.5 Å². The van der Waals surface area contributed by atoms with Crippen molar-refractivity contribution in [3.63, 3.8) is 0 Å². The van der Waals surface area contributed by atoms with E-state index < -0.39 is 0 Å². The van der Waals surface area contributed by atoms with Gasteiger partial charge in [0.2, 0.25) is 0 Å². The Morgan fingerprint density at radius 3 is 2.95 bits per heavy atom. The molecule has 0 amide bonds. The van der Waals surface area contributed by atoms with E-state index in [0.717, 1.165) is 19.4 Å². The van der Waals surface area contributed by atoms with E-state index in [0.29, 0.717) is 12.0 Å². The number of nitrogens with zero attached hydrogens (tertiary/aromatic N) is 1. The zero-order chi connectivity index (χ0) is 13.7. The van der Waals surface area contributed by atoms with E-state index in [2.05, 4.69) is 39.7 Å². The number of H-pyrrole nitrogens is 1. The number of rotatable bonds is 5. The number of fused-ring (bicyclic) bond motifs is 1. The molecule has 1 aromatic heterocycles. The molecule has 102 valence electrons. The van der Waals surface area contributed by atoms with Crippen LogP contribution in [0.2, 0.25) is 0 Å². The lowest BCUT2D eigenvalue weighted by atomic mass is 10.1. The molecular formula is C15H22N4. The van der Waals surface area contributed by atoms with Crippen molar-refractivity contribution in [2.45, 2.75) is 32.7 Å². The van der Waals surface area contributed by atoms with Crippen molar-refractivity contribution >= 4 is 16.9 Å². The summed E-state index contributed by atoms with van der Waals surface area (Å²) in [6, 6.07) is 8.70. The van der Waals surface area contributed by atoms with Crippen LogP contribution in [0.1, 0.15) is 25.8 Å². The largest absolute Gasteiger partial charge is 0.370 e. The Kier molecular flexibility index (Phi) is 4.44. The number of aliphatic imine (C=N–C) groups is 1. The molecule has 19 heavy (non-hydrogen) atoms. The molecule has 2 aromatic rings. The highest BCUT2D eigenvalue weighted by atomic mass is 15.1. The predicted molar refractivity (Wildman–Crippen MR) is 81.4 cm³/mol. The summed E-state index contributed by atoms with van der Waals surface area (Å²) in [6.07, 6.45) is 4.11. The Morgan fingerprint density at radius 1 is 1.37 bits per heavy atom. The zero-order valence-electron chi connectivity index (χ0n) is 11.6. The fraction of sp³-hybridized carbons (Fsp3) is 0.400. The highest BCUT2D eigenvalue weighted by Crippen LogP contribution is 2.18. The first kappa shape index (κ1) is 13.5. The standard InChI is InChI=1S/C15H22N4/c1-11(2)19-15(16)17-9-5-6-12-10-18-14-8-4-3-7-13(12)14/h3-4,7-8,10-11,18H,5-6,9H2,1-2H3,(H3,16,17,19). The van der Waals surface area contributed by atoms with Crippen LogP contribution >= 0.6 is 0 Å². The molecule has 0 spiro atoms. The fourth-order valence-corrected chi connectivity index (χ4v) is 2.15. The third-order valence-electron chi connectivity index (χ3n) is 3.00. The van der Waals surface area contributed by atoms with Crippen LogP contribution in [0.15, 0.2) is 35.5 Å². The van der Waals surface area contributed by atoms with Crippen LogP contribution in [0.5, 0.6) is 0 Å². The Balaban J connectivity index is 1.86. The fourth-order valence-electron chi connectivity index (χ4n) is 2.15. The van der Waals surface area contributed by atoms with Crippen molar-refractivity contribution in [1.29, 1.82) is 0 Å². The topological polar surface area (TPSA) is 66.2 Å². The van der Waals surface area contributed by atoms with Crippen LogP contribution in [0, 0.1) is 0 Å². The van der Waals surface area contributed by atoms with Gasteiger partial charge in [-0.05, 0) is 38.3 Å². The van der Waals surface area contributed by atoms with Gasteiger partial charge in [-0.15, -0.1) is 0 Å². The van der Waals surface area contributed by atoms with Crippen molar-refractivity contribution in [2.24, 2.45) is 10.7 Å². The zero-order valence-corrected chi connectivity index (χ0v) is 11.6. The highest BCUT2D eigenvalue weighted by Gasteiger charge is 2.02. The quantitative estimate of drug-likeness (QED) is 0.438. The number of aromatic amines is 1. The summed E-state index contributed by atoms with van der Waals surface area (Å²) in [5.41, 5.74) is 8.30. The minimum Gasteiger partial charge on any atom is -0.370 e. The highest BCUT2D eigenvalue weighted by molar-refractivity contribution is 5.83. The molecule has 0 aliphatic heterocycles. The van der Waals surface area contributed by atoms with Gasteiger partial charge in [0.25, 0.3) is 0 Å². The SMILES string of the molecule is CC(C)NC(N)=NCCCc1c[nH]c2ccccc12. The minimum absolute atomic E-state index is 0.331. The average Bonchev–Trinajstić information content (AvgIpc) is 2.77. The smallest absolute Gasteiger partial charge is 0.188 e. The van der Waals surface area contributed by atoms with E-state index in [1.54, 1.807) is 0 Å². The molecular weight excluding hydrogens is 236 g/mol. The van der Waals surface area contributed by atoms with E-state index in [9.17, 15) is 0 Å². The second-order valence-electron chi connectivity index (χ2n) is 5.03. The summed E-state index contributed by atoms with van der Waals surface area (Å²) in [5, 5.41) is 4.39. The van der Waals surface area contributed by atoms with Gasteiger partial charge in [0.1, 0.15) is 0 Å². The summed E-state index contributed by atoms with van der Waals surface area (Å²) >= 11 is 0. The molecule has 4 heteroatoms. The molecule has 0 aliphatic carbocycles. The maximum Gasteiger partial charge on any atom is 0.188 e. The molecule has 0 aliphatic rings. The Hall–Kier alpha value is -1.97. The van der Waals surface area contributed by atoms with Crippen molar-refractivity contribution in [1.82, 2.24) is 10.3 Å². The molecule has 1 aromatic carbocycles. The number of para-hydroxylation sites is 1. The molecule has 0 radical (unpaired) electrons. The van der Waals surface area contributed by atoms with Crippen LogP contribution in [0.3, 0.4) is 0 Å². The Labute approximate surface area is 114 Å². The number of hydrogen-bond acceptors (Lipinski definition) is 1. The molecule has 0 saturated carbocycles. The number of benzene rings is 1. The van der Waals surface area contributed by atoms with Crippen molar-refractivity contribution in [2.75, 3.05) is 6.54 Å². The van der Waals surface area contributed by atoms with Crippen LogP contribution in [0.25, 0.3) is 10.9 Å². The van der Waals surface area contributed by atoms with Crippen molar-refractivity contribution in [3.8, 4) is 0 Å². The molecule has 2 rings (SSSR count). The molecule has 4 N–H and O–H groups in total. The first-order chi connectivity index (χ1) is 9.16. The van der Waals surface area contributed by atoms with Gasteiger partial charge < -0.3 is 16.0 Å². The molecule has 1 heterocycles. The van der Waals surface area contributed by atoms with Gasteiger partial charge in [0, 0.05) is 29.7 Å². The molecule has 0 fully saturated rings. The average molecular weight is 258 g/mol. The lowest BCUT2D eigenvalue weighted by molar-refractivity contribution is 0.719. The predicted octanol–water partition coefficient (Wildman–Crippen LogP) is 2.41. The summed E-state index contributed by atoms with van der Waals surface area (Å²) in [4.78, 5) is 7.61. The number of aryl methyl sites for hydroxylation is 1. The van der Waals surface area contributed by atoms with Crippen molar-refractivity contribution < 1.29 is 0 Å². The monoisotopic (exact) mass is 258 g/mol. The van der Waals surface area contributed by atoms with E-state index >= 15 is 0 Å². The summed E-state index contributed by atoms with van der Waals surface area (Å²) in [7, 11) is 0. The van der Waals surface area contributed by atoms with Crippen LogP contribution < -0.4 is 11.1 Å². The molecule has 4 nitrogen and oxygen atoms in total. The van der Waals surface area contributed by atoms with Gasteiger partial charge in [-0.1, -0.05) is 18.2 Å². The maximum absolute atomic E-state index is 5.76. The molecule has 0 unspecified atom stereocenters. The third-order valence-corrected chi connectivity index (χ3v) is 3.00. The lowest BCUT2D eigenvalue weighted by Crippen LogP contribution is -2.36. The van der Waals surface area contributed by atoms with E-state index in [4.69, 9.17) is 5.73 Å². The van der Waals surface area contributed by atoms with Gasteiger partial charge in [-0.2, -0.15) is 0 Å². The van der Waals surface area contributed by atoms with Crippen LogP contribution in [0.4, 0.5) is 0 Å². The van der Waals surface area contributed by atoms with Gasteiger partial charge in [0.05, 0.1) is 0 Å². The first-order valence-electron chi connectivity index (χ1n) is 6.78.